The molecule has 0 aliphatic rings. The Morgan fingerprint density at radius 1 is 1.33 bits per heavy atom. The van der Waals surface area contributed by atoms with Crippen LogP contribution in [0.15, 0.2) is 40.6 Å². The van der Waals surface area contributed by atoms with Crippen LogP contribution in [0.2, 0.25) is 5.02 Å². The predicted molar refractivity (Wildman–Crippen MR) is 87.0 cm³/mol. The highest BCUT2D eigenvalue weighted by molar-refractivity contribution is 7.91. The maximum atomic E-state index is 12.6. The molecule has 1 heterocycles. The van der Waals surface area contributed by atoms with Crippen molar-refractivity contribution in [2.75, 3.05) is 7.05 Å². The summed E-state index contributed by atoms with van der Waals surface area (Å²) in [5.41, 5.74) is 6.39. The molecule has 1 aromatic carbocycles. The lowest BCUT2D eigenvalue weighted by Crippen LogP contribution is -2.29. The Morgan fingerprint density at radius 2 is 2.05 bits per heavy atom. The number of halogens is 1. The molecule has 0 saturated carbocycles. The van der Waals surface area contributed by atoms with Gasteiger partial charge in [-0.15, -0.1) is 11.3 Å². The number of nitrogens with two attached hydrogens (primary N) is 1. The third-order valence-corrected chi connectivity index (χ3v) is 7.09. The third kappa shape index (κ3) is 3.46. The molecule has 0 spiro atoms. The van der Waals surface area contributed by atoms with Crippen LogP contribution in [0.4, 0.5) is 0 Å². The molecule has 2 aromatic rings. The first-order valence-corrected chi connectivity index (χ1v) is 9.02. The van der Waals surface area contributed by atoms with Gasteiger partial charge in [-0.3, -0.25) is 0 Å². The van der Waals surface area contributed by atoms with Gasteiger partial charge in [0, 0.05) is 29.5 Å². The maximum absolute atomic E-state index is 12.6. The van der Waals surface area contributed by atoms with Crippen LogP contribution in [-0.2, 0) is 16.6 Å². The number of sulfonamides is 1. The summed E-state index contributed by atoms with van der Waals surface area (Å²) in [6.07, 6.45) is 0. The van der Waals surface area contributed by atoms with Crippen LogP contribution in [0, 0.1) is 0 Å². The van der Waals surface area contributed by atoms with Crippen LogP contribution in [0.5, 0.6) is 0 Å². The van der Waals surface area contributed by atoms with Gasteiger partial charge in [0.05, 0.1) is 0 Å². The topological polar surface area (TPSA) is 63.4 Å². The maximum Gasteiger partial charge on any atom is 0.252 e. The first-order valence-electron chi connectivity index (χ1n) is 6.38. The lowest BCUT2D eigenvalue weighted by atomic mass is 10.1. The number of benzene rings is 1. The van der Waals surface area contributed by atoms with E-state index in [1.807, 2.05) is 19.1 Å². The first kappa shape index (κ1) is 16.5. The van der Waals surface area contributed by atoms with Gasteiger partial charge >= 0.3 is 0 Å². The molecule has 0 aliphatic carbocycles. The van der Waals surface area contributed by atoms with Gasteiger partial charge in [0.2, 0.25) is 0 Å². The molecule has 0 fully saturated rings. The second-order valence-corrected chi connectivity index (χ2v) is 8.51. The first-order chi connectivity index (χ1) is 9.86. The van der Waals surface area contributed by atoms with Crippen molar-refractivity contribution in [2.45, 2.75) is 23.7 Å². The van der Waals surface area contributed by atoms with Gasteiger partial charge in [-0.25, -0.2) is 8.42 Å². The molecule has 1 atom stereocenters. The summed E-state index contributed by atoms with van der Waals surface area (Å²) in [6, 6.07) is 10.3. The van der Waals surface area contributed by atoms with Crippen LogP contribution >= 0.6 is 22.9 Å². The van der Waals surface area contributed by atoms with Gasteiger partial charge in [0.15, 0.2) is 0 Å². The van der Waals surface area contributed by atoms with E-state index in [4.69, 9.17) is 17.3 Å². The number of hydrogen-bond acceptors (Lipinski definition) is 4. The lowest BCUT2D eigenvalue weighted by molar-refractivity contribution is 0.399. The molecule has 4 nitrogen and oxygen atoms in total. The molecular weight excluding hydrogens is 328 g/mol. The molecule has 2 N–H and O–H groups in total. The Kier molecular flexibility index (Phi) is 5.06. The highest BCUT2D eigenvalue weighted by Crippen LogP contribution is 2.30. The van der Waals surface area contributed by atoms with Crippen LogP contribution in [0.25, 0.3) is 0 Å². The summed E-state index contributed by atoms with van der Waals surface area (Å²) >= 11 is 7.17. The van der Waals surface area contributed by atoms with Crippen molar-refractivity contribution in [3.05, 3.63) is 51.9 Å². The van der Waals surface area contributed by atoms with E-state index in [-0.39, 0.29) is 6.04 Å². The van der Waals surface area contributed by atoms with Gasteiger partial charge in [-0.1, -0.05) is 23.7 Å². The van der Waals surface area contributed by atoms with E-state index in [1.165, 1.54) is 15.6 Å². The minimum absolute atomic E-state index is 0.305. The van der Waals surface area contributed by atoms with Gasteiger partial charge in [0.1, 0.15) is 4.21 Å². The molecule has 114 valence electrons. The van der Waals surface area contributed by atoms with Gasteiger partial charge in [-0.05, 0) is 36.8 Å². The van der Waals surface area contributed by atoms with Crippen molar-refractivity contribution >= 4 is 33.0 Å². The van der Waals surface area contributed by atoms with E-state index in [9.17, 15) is 8.42 Å². The molecule has 0 amide bonds. The van der Waals surface area contributed by atoms with E-state index in [2.05, 4.69) is 0 Å². The zero-order valence-electron chi connectivity index (χ0n) is 11.8. The highest BCUT2D eigenvalue weighted by Gasteiger charge is 2.27. The van der Waals surface area contributed by atoms with Crippen molar-refractivity contribution < 1.29 is 8.42 Å². The predicted octanol–water partition coefficient (Wildman–Crippen LogP) is 3.24. The molecule has 0 saturated heterocycles. The fraction of sp³-hybridized carbons (Fsp3) is 0.286. The standard InChI is InChI=1S/C14H17ClN2O2S2/c1-10(11-4-3-5-12(15)8-11)17(2)21(18,19)14-7-6-13(9-16)20-14/h3-8,10H,9,16H2,1-2H3. The quantitative estimate of drug-likeness (QED) is 0.905. The Labute approximate surface area is 134 Å². The van der Waals surface area contributed by atoms with Crippen molar-refractivity contribution in [3.8, 4) is 0 Å². The summed E-state index contributed by atoms with van der Waals surface area (Å²) < 4.78 is 26.9. The average molecular weight is 345 g/mol. The summed E-state index contributed by atoms with van der Waals surface area (Å²) in [4.78, 5) is 0.845. The van der Waals surface area contributed by atoms with Gasteiger partial charge in [-0.2, -0.15) is 4.31 Å². The molecular formula is C14H17ClN2O2S2. The lowest BCUT2D eigenvalue weighted by Gasteiger charge is -2.24. The second-order valence-electron chi connectivity index (χ2n) is 4.68. The average Bonchev–Trinajstić information content (AvgIpc) is 2.95. The molecule has 1 aromatic heterocycles. The molecule has 0 radical (unpaired) electrons. The number of hydrogen-bond donors (Lipinski definition) is 1. The molecule has 7 heteroatoms. The molecule has 21 heavy (non-hydrogen) atoms. The zero-order valence-corrected chi connectivity index (χ0v) is 14.2. The van der Waals surface area contributed by atoms with Crippen molar-refractivity contribution in [3.63, 3.8) is 0 Å². The third-order valence-electron chi connectivity index (χ3n) is 3.35. The van der Waals surface area contributed by atoms with Crippen LogP contribution in [-0.4, -0.2) is 19.8 Å². The fourth-order valence-electron chi connectivity index (χ4n) is 1.93. The summed E-state index contributed by atoms with van der Waals surface area (Å²) in [5, 5.41) is 0.590. The Hall–Kier alpha value is -0.920. The van der Waals surface area contributed by atoms with E-state index in [0.717, 1.165) is 10.4 Å². The second kappa shape index (κ2) is 6.46. The van der Waals surface area contributed by atoms with Crippen molar-refractivity contribution in [1.82, 2.24) is 4.31 Å². The normalized spacial score (nSPS) is 13.6. The van der Waals surface area contributed by atoms with Crippen LogP contribution < -0.4 is 5.73 Å². The molecule has 0 bridgehead atoms. The zero-order chi connectivity index (χ0) is 15.6. The van der Waals surface area contributed by atoms with E-state index < -0.39 is 10.0 Å². The minimum atomic E-state index is -3.54. The fourth-order valence-corrected chi connectivity index (χ4v) is 4.90. The monoisotopic (exact) mass is 344 g/mol. The summed E-state index contributed by atoms with van der Waals surface area (Å²) in [6.45, 7) is 2.18. The smallest absolute Gasteiger partial charge is 0.252 e. The number of rotatable bonds is 5. The van der Waals surface area contributed by atoms with E-state index in [1.54, 1.807) is 31.3 Å². The van der Waals surface area contributed by atoms with E-state index in [0.29, 0.717) is 15.8 Å². The minimum Gasteiger partial charge on any atom is -0.326 e. The van der Waals surface area contributed by atoms with Crippen molar-refractivity contribution in [2.24, 2.45) is 5.73 Å². The highest BCUT2D eigenvalue weighted by atomic mass is 35.5. The Morgan fingerprint density at radius 3 is 2.62 bits per heavy atom. The van der Waals surface area contributed by atoms with Crippen LogP contribution in [0.1, 0.15) is 23.4 Å². The van der Waals surface area contributed by atoms with Crippen LogP contribution in [0.3, 0.4) is 0 Å². The van der Waals surface area contributed by atoms with E-state index >= 15 is 0 Å². The van der Waals surface area contributed by atoms with Gasteiger partial charge in [0.25, 0.3) is 10.0 Å². The summed E-state index contributed by atoms with van der Waals surface area (Å²) in [5.74, 6) is 0. The number of thiophene rings is 1. The number of nitrogens with zero attached hydrogens (tertiary/aromatic N) is 1. The molecule has 2 rings (SSSR count). The summed E-state index contributed by atoms with van der Waals surface area (Å²) in [7, 11) is -1.96. The molecule has 0 aliphatic heterocycles. The van der Waals surface area contributed by atoms with Gasteiger partial charge < -0.3 is 5.73 Å². The van der Waals surface area contributed by atoms with Crippen molar-refractivity contribution in [1.29, 1.82) is 0 Å². The Bertz CT molecular complexity index is 728. The SMILES string of the molecule is CC(c1cccc(Cl)c1)N(C)S(=O)(=O)c1ccc(CN)s1. The Balaban J connectivity index is 2.31. The largest absolute Gasteiger partial charge is 0.326 e. The molecule has 1 unspecified atom stereocenters.